The van der Waals surface area contributed by atoms with E-state index in [1.165, 1.54) is 0 Å². The van der Waals surface area contributed by atoms with Crippen LogP contribution in [0.4, 0.5) is 5.69 Å². The summed E-state index contributed by atoms with van der Waals surface area (Å²) in [6, 6.07) is 13.2. The van der Waals surface area contributed by atoms with Crippen molar-refractivity contribution in [3.63, 3.8) is 0 Å². The Hall–Kier alpha value is -3.30. The molecule has 1 aliphatic rings. The summed E-state index contributed by atoms with van der Waals surface area (Å²) in [7, 11) is 1.64. The molecule has 1 aromatic heterocycles. The minimum absolute atomic E-state index is 0.147. The monoisotopic (exact) mass is 482 g/mol. The van der Waals surface area contributed by atoms with Crippen molar-refractivity contribution >= 4 is 33.9 Å². The maximum absolute atomic E-state index is 12.9. The third kappa shape index (κ3) is 5.43. The number of nitrogens with one attached hydrogen (secondary N) is 2. The van der Waals surface area contributed by atoms with Crippen molar-refractivity contribution in [1.29, 1.82) is 0 Å². The first-order valence-corrected chi connectivity index (χ1v) is 11.8. The molecular formula is C25H30N4O4S. The van der Waals surface area contributed by atoms with E-state index < -0.39 is 0 Å². The summed E-state index contributed by atoms with van der Waals surface area (Å²) in [5, 5.41) is 4.74. The molecule has 8 nitrogen and oxygen atoms in total. The first-order chi connectivity index (χ1) is 16.5. The van der Waals surface area contributed by atoms with E-state index in [1.807, 2.05) is 41.3 Å². The molecule has 0 spiro atoms. The Morgan fingerprint density at radius 2 is 1.79 bits per heavy atom. The van der Waals surface area contributed by atoms with Gasteiger partial charge in [0.05, 0.1) is 19.2 Å². The van der Waals surface area contributed by atoms with Crippen LogP contribution in [-0.2, 0) is 6.54 Å². The van der Waals surface area contributed by atoms with Crippen molar-refractivity contribution < 1.29 is 14.2 Å². The molecule has 0 bridgehead atoms. The maximum Gasteiger partial charge on any atom is 0.253 e. The second-order valence-corrected chi connectivity index (χ2v) is 8.41. The Balaban J connectivity index is 1.58. The van der Waals surface area contributed by atoms with E-state index in [4.69, 9.17) is 26.4 Å². The van der Waals surface area contributed by atoms with Gasteiger partial charge in [-0.2, -0.15) is 0 Å². The minimum atomic E-state index is -0.147. The van der Waals surface area contributed by atoms with Gasteiger partial charge in [0.15, 0.2) is 16.6 Å². The molecule has 4 rings (SSSR count). The fourth-order valence-corrected chi connectivity index (χ4v) is 4.17. The van der Waals surface area contributed by atoms with Crippen LogP contribution in [0.25, 0.3) is 10.9 Å². The fraction of sp³-hybridized carbons (Fsp3) is 0.360. The first-order valence-electron chi connectivity index (χ1n) is 11.4. The summed E-state index contributed by atoms with van der Waals surface area (Å²) in [6.07, 6.45) is 0. The number of ether oxygens (including phenoxy) is 3. The lowest BCUT2D eigenvalue weighted by molar-refractivity contribution is 0.174. The van der Waals surface area contributed by atoms with Gasteiger partial charge in [0.25, 0.3) is 5.56 Å². The van der Waals surface area contributed by atoms with Crippen molar-refractivity contribution in [1.82, 2.24) is 14.8 Å². The molecule has 0 aliphatic carbocycles. The summed E-state index contributed by atoms with van der Waals surface area (Å²) in [4.78, 5) is 20.3. The van der Waals surface area contributed by atoms with Crippen LogP contribution in [0.3, 0.4) is 0 Å². The van der Waals surface area contributed by atoms with E-state index >= 15 is 0 Å². The van der Waals surface area contributed by atoms with Crippen molar-refractivity contribution in [3.8, 4) is 17.2 Å². The van der Waals surface area contributed by atoms with Crippen LogP contribution < -0.4 is 25.1 Å². The molecule has 2 N–H and O–H groups in total. The molecule has 0 atom stereocenters. The molecule has 0 radical (unpaired) electrons. The molecule has 3 aromatic rings. The number of nitrogens with zero attached hydrogens (tertiary/aromatic N) is 2. The number of methoxy groups -OCH3 is 1. The highest BCUT2D eigenvalue weighted by Crippen LogP contribution is 2.35. The van der Waals surface area contributed by atoms with E-state index in [-0.39, 0.29) is 12.4 Å². The van der Waals surface area contributed by atoms with Gasteiger partial charge in [0, 0.05) is 35.8 Å². The molecule has 180 valence electrons. The molecular weight excluding hydrogens is 452 g/mol. The summed E-state index contributed by atoms with van der Waals surface area (Å²) < 4.78 is 16.2. The van der Waals surface area contributed by atoms with Gasteiger partial charge in [-0.25, -0.2) is 0 Å². The second kappa shape index (κ2) is 10.8. The average molecular weight is 483 g/mol. The molecule has 0 saturated carbocycles. The number of aromatic nitrogens is 1. The number of hydrogen-bond acceptors (Lipinski definition) is 6. The number of hydrogen-bond donors (Lipinski definition) is 2. The number of benzene rings is 2. The zero-order valence-corrected chi connectivity index (χ0v) is 20.5. The Bertz CT molecular complexity index is 1210. The van der Waals surface area contributed by atoms with Gasteiger partial charge < -0.3 is 34.3 Å². The van der Waals surface area contributed by atoms with Gasteiger partial charge >= 0.3 is 0 Å². The number of anilines is 1. The Morgan fingerprint density at radius 3 is 2.47 bits per heavy atom. The third-order valence-electron chi connectivity index (χ3n) is 5.98. The van der Waals surface area contributed by atoms with Crippen molar-refractivity contribution in [2.75, 3.05) is 45.4 Å². The summed E-state index contributed by atoms with van der Waals surface area (Å²) in [5.41, 5.74) is 2.06. The zero-order chi connectivity index (χ0) is 24.1. The van der Waals surface area contributed by atoms with Gasteiger partial charge in [-0.3, -0.25) is 4.79 Å². The largest absolute Gasteiger partial charge is 0.497 e. The SMILES string of the molecule is CCN(CC)CCN(Cc1cc2cc3c(cc2[nH]c1=O)OCO3)C(=S)Nc1ccc(OC)cc1. The molecule has 1 aliphatic heterocycles. The van der Waals surface area contributed by atoms with Crippen LogP contribution in [0.1, 0.15) is 19.4 Å². The summed E-state index contributed by atoms with van der Waals surface area (Å²) in [5.74, 6) is 2.10. The van der Waals surface area contributed by atoms with Crippen LogP contribution in [-0.4, -0.2) is 60.0 Å². The molecule has 0 amide bonds. The van der Waals surface area contributed by atoms with E-state index in [1.54, 1.807) is 13.2 Å². The highest BCUT2D eigenvalue weighted by molar-refractivity contribution is 7.80. The van der Waals surface area contributed by atoms with E-state index in [0.717, 1.165) is 36.5 Å². The molecule has 0 saturated heterocycles. The number of rotatable bonds is 9. The Kier molecular flexibility index (Phi) is 7.54. The van der Waals surface area contributed by atoms with Gasteiger partial charge in [-0.15, -0.1) is 0 Å². The van der Waals surface area contributed by atoms with Crippen molar-refractivity contribution in [2.24, 2.45) is 0 Å². The summed E-state index contributed by atoms with van der Waals surface area (Å²) in [6.45, 7) is 8.26. The van der Waals surface area contributed by atoms with E-state index in [0.29, 0.717) is 40.8 Å². The highest BCUT2D eigenvalue weighted by atomic mass is 32.1. The van der Waals surface area contributed by atoms with E-state index in [9.17, 15) is 4.79 Å². The zero-order valence-electron chi connectivity index (χ0n) is 19.7. The Morgan fingerprint density at radius 1 is 1.09 bits per heavy atom. The number of pyridine rings is 1. The quantitative estimate of drug-likeness (QED) is 0.446. The number of fused-ring (bicyclic) bond motifs is 2. The van der Waals surface area contributed by atoms with Crippen LogP contribution in [0.15, 0.2) is 47.3 Å². The molecule has 0 unspecified atom stereocenters. The molecule has 34 heavy (non-hydrogen) atoms. The van der Waals surface area contributed by atoms with Crippen LogP contribution >= 0.6 is 12.2 Å². The van der Waals surface area contributed by atoms with Crippen LogP contribution in [0.2, 0.25) is 0 Å². The van der Waals surface area contributed by atoms with Gasteiger partial charge in [-0.1, -0.05) is 13.8 Å². The van der Waals surface area contributed by atoms with Crippen molar-refractivity contribution in [3.05, 3.63) is 58.4 Å². The average Bonchev–Trinajstić information content (AvgIpc) is 3.30. The topological polar surface area (TPSA) is 79.1 Å². The summed E-state index contributed by atoms with van der Waals surface area (Å²) >= 11 is 5.76. The molecule has 9 heteroatoms. The molecule has 0 fully saturated rings. The van der Waals surface area contributed by atoms with Crippen LogP contribution in [0, 0.1) is 0 Å². The highest BCUT2D eigenvalue weighted by Gasteiger charge is 2.18. The Labute approximate surface area is 204 Å². The minimum Gasteiger partial charge on any atom is -0.497 e. The number of H-pyrrole nitrogens is 1. The number of thiocarbonyl (C=S) groups is 1. The predicted octanol–water partition coefficient (Wildman–Crippen LogP) is 3.81. The lowest BCUT2D eigenvalue weighted by Crippen LogP contribution is -2.41. The van der Waals surface area contributed by atoms with Gasteiger partial charge in [0.2, 0.25) is 6.79 Å². The number of likely N-dealkylation sites (N-methyl/N-ethyl adjacent to an activating group) is 1. The number of aromatic amines is 1. The van der Waals surface area contributed by atoms with Crippen LogP contribution in [0.5, 0.6) is 17.2 Å². The maximum atomic E-state index is 12.9. The second-order valence-electron chi connectivity index (χ2n) is 8.02. The van der Waals surface area contributed by atoms with Gasteiger partial charge in [-0.05, 0) is 61.7 Å². The van der Waals surface area contributed by atoms with Crippen molar-refractivity contribution in [2.45, 2.75) is 20.4 Å². The molecule has 2 aromatic carbocycles. The predicted molar refractivity (Wildman–Crippen MR) is 138 cm³/mol. The first kappa shape index (κ1) is 23.8. The van der Waals surface area contributed by atoms with E-state index in [2.05, 4.69) is 29.0 Å². The van der Waals surface area contributed by atoms with Gasteiger partial charge in [0.1, 0.15) is 5.75 Å². The standard InChI is InChI=1S/C25H30N4O4S/c1-4-28(5-2)10-11-29(25(34)26-19-6-8-20(31-3)9-7-19)15-18-12-17-13-22-23(33-16-32-22)14-21(17)27-24(18)30/h6-9,12-14H,4-5,10-11,15-16H2,1-3H3,(H,26,34)(H,27,30). The smallest absolute Gasteiger partial charge is 0.253 e. The fourth-order valence-electron chi connectivity index (χ4n) is 3.90. The third-order valence-corrected chi connectivity index (χ3v) is 6.34. The normalized spacial score (nSPS) is 12.2. The molecule has 2 heterocycles. The lowest BCUT2D eigenvalue weighted by Gasteiger charge is -2.29. The lowest BCUT2D eigenvalue weighted by atomic mass is 10.1.